The molecule has 90 valence electrons. The van der Waals surface area contributed by atoms with Crippen LogP contribution in [0.4, 0.5) is 0 Å². The summed E-state index contributed by atoms with van der Waals surface area (Å²) in [5, 5.41) is 0. The maximum Gasteiger partial charge on any atom is 0.107 e. The summed E-state index contributed by atoms with van der Waals surface area (Å²) in [6.45, 7) is 9.56. The second-order valence-corrected chi connectivity index (χ2v) is 4.77. The minimum atomic E-state index is 0.218. The molecule has 0 aromatic heterocycles. The molecule has 0 aliphatic carbocycles. The Labute approximate surface area is 93.7 Å². The summed E-state index contributed by atoms with van der Waals surface area (Å²) in [4.78, 5) is 2.48. The van der Waals surface area contributed by atoms with E-state index >= 15 is 0 Å². The molecule has 3 nitrogen and oxygen atoms in total. The van der Waals surface area contributed by atoms with Crippen molar-refractivity contribution in [3.8, 4) is 0 Å². The summed E-state index contributed by atoms with van der Waals surface area (Å²) in [6.07, 6.45) is 2.50. The number of methoxy groups -OCH3 is 1. The number of ether oxygens (including phenoxy) is 2. The Morgan fingerprint density at radius 3 is 2.33 bits per heavy atom. The Kier molecular flexibility index (Phi) is 5.58. The molecule has 15 heavy (non-hydrogen) atoms. The summed E-state index contributed by atoms with van der Waals surface area (Å²) in [5.41, 5.74) is 0. The van der Waals surface area contributed by atoms with Gasteiger partial charge in [-0.25, -0.2) is 0 Å². The lowest BCUT2D eigenvalue weighted by atomic mass is 10.0. The van der Waals surface area contributed by atoms with Gasteiger partial charge in [0.2, 0.25) is 0 Å². The molecule has 1 fully saturated rings. The summed E-state index contributed by atoms with van der Waals surface area (Å²) >= 11 is 0. The Morgan fingerprint density at radius 1 is 1.27 bits per heavy atom. The van der Waals surface area contributed by atoms with Crippen LogP contribution in [0.5, 0.6) is 0 Å². The molecule has 0 saturated carbocycles. The maximum absolute atomic E-state index is 5.45. The molecular weight excluding hydrogens is 190 g/mol. The van der Waals surface area contributed by atoms with Gasteiger partial charge >= 0.3 is 0 Å². The first-order valence-electron chi connectivity index (χ1n) is 6.01. The lowest BCUT2D eigenvalue weighted by Gasteiger charge is -2.38. The lowest BCUT2D eigenvalue weighted by Crippen LogP contribution is -2.47. The van der Waals surface area contributed by atoms with Crippen molar-refractivity contribution in [1.29, 1.82) is 0 Å². The van der Waals surface area contributed by atoms with Crippen molar-refractivity contribution in [1.82, 2.24) is 4.90 Å². The zero-order chi connectivity index (χ0) is 11.3. The first-order chi connectivity index (χ1) is 7.15. The van der Waals surface area contributed by atoms with Crippen LogP contribution >= 0.6 is 0 Å². The molecule has 3 heteroatoms. The zero-order valence-electron chi connectivity index (χ0n) is 10.5. The van der Waals surface area contributed by atoms with Crippen molar-refractivity contribution in [3.05, 3.63) is 0 Å². The second kappa shape index (κ2) is 6.46. The van der Waals surface area contributed by atoms with Gasteiger partial charge in [-0.2, -0.15) is 0 Å². The van der Waals surface area contributed by atoms with Crippen molar-refractivity contribution in [3.63, 3.8) is 0 Å². The van der Waals surface area contributed by atoms with Crippen molar-refractivity contribution < 1.29 is 9.47 Å². The molecule has 1 aliphatic rings. The van der Waals surface area contributed by atoms with Crippen LogP contribution in [0.2, 0.25) is 0 Å². The van der Waals surface area contributed by atoms with Gasteiger partial charge in [0.15, 0.2) is 0 Å². The molecule has 1 unspecified atom stereocenters. The minimum Gasteiger partial charge on any atom is -0.381 e. The summed E-state index contributed by atoms with van der Waals surface area (Å²) in [6, 6.07) is 0.635. The van der Waals surface area contributed by atoms with Crippen molar-refractivity contribution in [2.75, 3.05) is 26.9 Å². The first-order valence-corrected chi connectivity index (χ1v) is 6.01. The fourth-order valence-electron chi connectivity index (χ4n) is 2.17. The largest absolute Gasteiger partial charge is 0.381 e. The Morgan fingerprint density at radius 2 is 1.87 bits per heavy atom. The summed E-state index contributed by atoms with van der Waals surface area (Å²) in [5.74, 6) is 0.686. The highest BCUT2D eigenvalue weighted by atomic mass is 16.5. The van der Waals surface area contributed by atoms with Crippen molar-refractivity contribution in [2.24, 2.45) is 5.92 Å². The smallest absolute Gasteiger partial charge is 0.107 e. The van der Waals surface area contributed by atoms with E-state index in [1.54, 1.807) is 7.11 Å². The molecule has 0 amide bonds. The average molecular weight is 215 g/mol. The van der Waals surface area contributed by atoms with Gasteiger partial charge in [0.1, 0.15) is 6.23 Å². The molecule has 1 atom stereocenters. The van der Waals surface area contributed by atoms with Crippen LogP contribution in [-0.4, -0.2) is 44.0 Å². The number of hydrogen-bond donors (Lipinski definition) is 0. The quantitative estimate of drug-likeness (QED) is 0.656. The Hall–Kier alpha value is -0.120. The molecule has 0 spiro atoms. The molecule has 0 radical (unpaired) electrons. The molecule has 0 aromatic carbocycles. The van der Waals surface area contributed by atoms with E-state index in [0.717, 1.165) is 32.6 Å². The third-order valence-electron chi connectivity index (χ3n) is 3.04. The minimum absolute atomic E-state index is 0.218. The topological polar surface area (TPSA) is 21.7 Å². The van der Waals surface area contributed by atoms with Crippen molar-refractivity contribution >= 4 is 0 Å². The van der Waals surface area contributed by atoms with Crippen LogP contribution in [0.15, 0.2) is 0 Å². The van der Waals surface area contributed by atoms with Gasteiger partial charge in [0, 0.05) is 32.9 Å². The Balaban J connectivity index is 2.52. The standard InChI is InChI=1S/C12H25NO2/c1-10(2)9-13(11(3)14-4)12-5-7-15-8-6-12/h10-12H,5-9H2,1-4H3. The van der Waals surface area contributed by atoms with Gasteiger partial charge < -0.3 is 9.47 Å². The highest BCUT2D eigenvalue weighted by molar-refractivity contribution is 4.76. The van der Waals surface area contributed by atoms with Gasteiger partial charge in [-0.05, 0) is 25.7 Å². The van der Waals surface area contributed by atoms with Crippen LogP contribution in [0, 0.1) is 5.92 Å². The predicted octanol–water partition coefficient (Wildman–Crippen LogP) is 2.12. The van der Waals surface area contributed by atoms with Crippen LogP contribution in [0.1, 0.15) is 33.6 Å². The molecule has 1 aliphatic heterocycles. The van der Waals surface area contributed by atoms with Gasteiger partial charge in [-0.15, -0.1) is 0 Å². The zero-order valence-corrected chi connectivity index (χ0v) is 10.5. The van der Waals surface area contributed by atoms with E-state index < -0.39 is 0 Å². The van der Waals surface area contributed by atoms with Gasteiger partial charge in [0.25, 0.3) is 0 Å². The van der Waals surface area contributed by atoms with Crippen LogP contribution < -0.4 is 0 Å². The van der Waals surface area contributed by atoms with E-state index in [4.69, 9.17) is 9.47 Å². The third kappa shape index (κ3) is 4.09. The fourth-order valence-corrected chi connectivity index (χ4v) is 2.17. The molecular formula is C12H25NO2. The highest BCUT2D eigenvalue weighted by Crippen LogP contribution is 2.18. The Bertz CT molecular complexity index is 167. The molecule has 1 rings (SSSR count). The normalized spacial score (nSPS) is 21.2. The molecule has 1 heterocycles. The van der Waals surface area contributed by atoms with E-state index in [0.29, 0.717) is 12.0 Å². The number of hydrogen-bond acceptors (Lipinski definition) is 3. The molecule has 0 N–H and O–H groups in total. The monoisotopic (exact) mass is 215 g/mol. The molecule has 0 aromatic rings. The third-order valence-corrected chi connectivity index (χ3v) is 3.04. The lowest BCUT2D eigenvalue weighted by molar-refractivity contribution is -0.0739. The number of nitrogens with zero attached hydrogens (tertiary/aromatic N) is 1. The van der Waals surface area contributed by atoms with E-state index in [1.165, 1.54) is 0 Å². The van der Waals surface area contributed by atoms with E-state index in [-0.39, 0.29) is 6.23 Å². The predicted molar refractivity (Wildman–Crippen MR) is 61.9 cm³/mol. The maximum atomic E-state index is 5.45. The SMILES string of the molecule is COC(C)N(CC(C)C)C1CCOCC1. The average Bonchev–Trinajstić information content (AvgIpc) is 2.26. The van der Waals surface area contributed by atoms with Gasteiger partial charge in [-0.1, -0.05) is 13.8 Å². The summed E-state index contributed by atoms with van der Waals surface area (Å²) in [7, 11) is 1.79. The van der Waals surface area contributed by atoms with E-state index in [9.17, 15) is 0 Å². The molecule has 1 saturated heterocycles. The molecule has 0 bridgehead atoms. The van der Waals surface area contributed by atoms with E-state index in [2.05, 4.69) is 25.7 Å². The second-order valence-electron chi connectivity index (χ2n) is 4.77. The number of rotatable bonds is 5. The van der Waals surface area contributed by atoms with Crippen LogP contribution in [0.25, 0.3) is 0 Å². The first kappa shape index (κ1) is 12.9. The van der Waals surface area contributed by atoms with Crippen LogP contribution in [-0.2, 0) is 9.47 Å². The van der Waals surface area contributed by atoms with Crippen LogP contribution in [0.3, 0.4) is 0 Å². The summed E-state index contributed by atoms with van der Waals surface area (Å²) < 4.78 is 10.9. The van der Waals surface area contributed by atoms with Crippen molar-refractivity contribution in [2.45, 2.75) is 45.9 Å². The van der Waals surface area contributed by atoms with Gasteiger partial charge in [-0.3, -0.25) is 4.90 Å². The highest BCUT2D eigenvalue weighted by Gasteiger charge is 2.25. The van der Waals surface area contributed by atoms with E-state index in [1.807, 2.05) is 0 Å². The fraction of sp³-hybridized carbons (Fsp3) is 1.00. The van der Waals surface area contributed by atoms with Gasteiger partial charge in [0.05, 0.1) is 0 Å².